The largest absolute Gasteiger partial charge is 0.392 e. The molecule has 0 spiro atoms. The van der Waals surface area contributed by atoms with E-state index < -0.39 is 28.2 Å². The van der Waals surface area contributed by atoms with Gasteiger partial charge >= 0.3 is 6.03 Å². The lowest BCUT2D eigenvalue weighted by Crippen LogP contribution is -2.21. The maximum absolute atomic E-state index is 13.1. The smallest absolute Gasteiger partial charge is 0.354 e. The Morgan fingerprint density at radius 1 is 1.18 bits per heavy atom. The second-order valence-electron chi connectivity index (χ2n) is 9.08. The van der Waals surface area contributed by atoms with Crippen molar-refractivity contribution in [1.29, 1.82) is 5.26 Å². The fourth-order valence-electron chi connectivity index (χ4n) is 3.59. The summed E-state index contributed by atoms with van der Waals surface area (Å²) in [6.07, 6.45) is 0. The van der Waals surface area contributed by atoms with Crippen LogP contribution in [0.25, 0.3) is 0 Å². The summed E-state index contributed by atoms with van der Waals surface area (Å²) in [5.41, 5.74) is 2.11. The number of hydrogen-bond donors (Lipinski definition) is 4. The van der Waals surface area contributed by atoms with Crippen molar-refractivity contribution < 1.29 is 19.2 Å². The minimum atomic E-state index is -3.64. The van der Waals surface area contributed by atoms with E-state index in [1.807, 2.05) is 27.7 Å². The third kappa shape index (κ3) is 6.18. The van der Waals surface area contributed by atoms with E-state index in [0.717, 1.165) is 11.1 Å². The molecule has 0 aliphatic heterocycles. The van der Waals surface area contributed by atoms with Gasteiger partial charge in [-0.25, -0.2) is 14.1 Å². The van der Waals surface area contributed by atoms with Crippen LogP contribution in [0.5, 0.6) is 0 Å². The number of carbonyl (C=O) groups is 1. The van der Waals surface area contributed by atoms with Crippen LogP contribution in [0.3, 0.4) is 0 Å². The van der Waals surface area contributed by atoms with E-state index in [0.29, 0.717) is 22.4 Å². The molecule has 0 bridgehead atoms. The molecule has 0 fully saturated rings. The molecule has 8 nitrogen and oxygen atoms in total. The van der Waals surface area contributed by atoms with Crippen LogP contribution in [0.4, 0.5) is 10.5 Å². The summed E-state index contributed by atoms with van der Waals surface area (Å²) in [6.45, 7) is 10.5. The number of nitrogens with zero attached hydrogens (tertiary/aromatic N) is 2. The van der Waals surface area contributed by atoms with Crippen LogP contribution >= 0.6 is 0 Å². The number of anilines is 1. The number of benzene rings is 2. The molecular weight excluding hydrogens is 440 g/mol. The highest BCUT2D eigenvalue weighted by molar-refractivity contribution is 7.91. The van der Waals surface area contributed by atoms with Crippen LogP contribution in [0.1, 0.15) is 81.2 Å². The monoisotopic (exact) mass is 472 g/mol. The minimum absolute atomic E-state index is 0.00910. The van der Waals surface area contributed by atoms with E-state index in [1.165, 1.54) is 18.2 Å². The van der Waals surface area contributed by atoms with Crippen molar-refractivity contribution in [1.82, 2.24) is 0 Å². The van der Waals surface area contributed by atoms with Gasteiger partial charge in [-0.3, -0.25) is 0 Å². The zero-order valence-corrected chi connectivity index (χ0v) is 20.7. The average molecular weight is 473 g/mol. The normalized spacial score (nSPS) is 13.5. The fourth-order valence-corrected chi connectivity index (χ4v) is 4.56. The summed E-state index contributed by atoms with van der Waals surface area (Å²) in [5.74, 6) is 0.0182. The standard InChI is InChI=1S/C24H32N4O4S/c1-14(2)19-9-16(12-25)10-20(15(3)4)22(19)27-23(30)28-33(26,32)18-7-8-21(24(5,6)31)17(11-18)13-29/h7-11,14-15,29,31H,13H2,1-6H3,(H3,26,27,28,30,32)/t33-/m0/s1. The average Bonchev–Trinajstić information content (AvgIpc) is 2.71. The number of urea groups is 1. The van der Waals surface area contributed by atoms with Crippen molar-refractivity contribution in [3.8, 4) is 6.07 Å². The Morgan fingerprint density at radius 2 is 1.73 bits per heavy atom. The van der Waals surface area contributed by atoms with E-state index in [4.69, 9.17) is 5.14 Å². The Labute approximate surface area is 195 Å². The lowest BCUT2D eigenvalue weighted by atomic mass is 9.90. The van der Waals surface area contributed by atoms with Crippen molar-refractivity contribution in [2.75, 3.05) is 5.32 Å². The van der Waals surface area contributed by atoms with Crippen LogP contribution in [0.15, 0.2) is 39.6 Å². The summed E-state index contributed by atoms with van der Waals surface area (Å²) in [7, 11) is -3.64. The maximum Gasteiger partial charge on any atom is 0.354 e. The summed E-state index contributed by atoms with van der Waals surface area (Å²) < 4.78 is 16.9. The molecule has 0 saturated carbocycles. The summed E-state index contributed by atoms with van der Waals surface area (Å²) in [4.78, 5) is 12.9. The number of aliphatic hydroxyl groups excluding tert-OH is 1. The number of aliphatic hydroxyl groups is 2. The van der Waals surface area contributed by atoms with E-state index in [-0.39, 0.29) is 16.7 Å². The van der Waals surface area contributed by atoms with Crippen molar-refractivity contribution in [2.45, 2.75) is 70.5 Å². The van der Waals surface area contributed by atoms with E-state index >= 15 is 0 Å². The molecule has 2 aromatic carbocycles. The van der Waals surface area contributed by atoms with Gasteiger partial charge in [-0.15, -0.1) is 4.36 Å². The van der Waals surface area contributed by atoms with Gasteiger partial charge in [-0.05, 0) is 72.2 Å². The highest BCUT2D eigenvalue weighted by Crippen LogP contribution is 2.34. The van der Waals surface area contributed by atoms with Gasteiger partial charge in [0.15, 0.2) is 0 Å². The third-order valence-electron chi connectivity index (χ3n) is 5.27. The molecule has 0 heterocycles. The van der Waals surface area contributed by atoms with Gasteiger partial charge in [-0.2, -0.15) is 5.26 Å². The molecule has 33 heavy (non-hydrogen) atoms. The highest BCUT2D eigenvalue weighted by atomic mass is 32.2. The van der Waals surface area contributed by atoms with E-state index in [1.54, 1.807) is 26.0 Å². The lowest BCUT2D eigenvalue weighted by molar-refractivity contribution is 0.0759. The fraction of sp³-hybridized carbons (Fsp3) is 0.417. The Kier molecular flexibility index (Phi) is 8.04. The van der Waals surface area contributed by atoms with Gasteiger partial charge < -0.3 is 15.5 Å². The number of carbonyl (C=O) groups excluding carboxylic acids is 1. The lowest BCUT2D eigenvalue weighted by Gasteiger charge is -2.22. The summed E-state index contributed by atoms with van der Waals surface area (Å²) >= 11 is 0. The zero-order valence-electron chi connectivity index (χ0n) is 19.8. The van der Waals surface area contributed by atoms with Crippen molar-refractivity contribution >= 4 is 21.6 Å². The number of nitrogens with two attached hydrogens (primary N) is 1. The Hall–Kier alpha value is -2.77. The summed E-state index contributed by atoms with van der Waals surface area (Å²) in [5, 5.41) is 38.0. The third-order valence-corrected chi connectivity index (χ3v) is 6.63. The second-order valence-corrected chi connectivity index (χ2v) is 10.9. The molecule has 0 unspecified atom stereocenters. The quantitative estimate of drug-likeness (QED) is 0.490. The molecule has 9 heteroatoms. The van der Waals surface area contributed by atoms with Gasteiger partial charge in [-0.1, -0.05) is 33.8 Å². The van der Waals surface area contributed by atoms with Crippen molar-refractivity contribution in [2.24, 2.45) is 9.50 Å². The van der Waals surface area contributed by atoms with Crippen LogP contribution < -0.4 is 10.5 Å². The SMILES string of the molecule is CC(C)c1cc(C#N)cc(C(C)C)c1NC(=O)N=[S@](N)(=O)c1ccc(C(C)(C)O)c(CO)c1. The van der Waals surface area contributed by atoms with Crippen LogP contribution in [-0.2, 0) is 22.1 Å². The first-order chi connectivity index (χ1) is 15.2. The minimum Gasteiger partial charge on any atom is -0.392 e. The van der Waals surface area contributed by atoms with Gasteiger partial charge in [0.25, 0.3) is 0 Å². The summed E-state index contributed by atoms with van der Waals surface area (Å²) in [6, 6.07) is 9.01. The molecular formula is C24H32N4O4S. The van der Waals surface area contributed by atoms with Crippen LogP contribution in [0.2, 0.25) is 0 Å². The first-order valence-corrected chi connectivity index (χ1v) is 12.2. The van der Waals surface area contributed by atoms with Gasteiger partial charge in [0.05, 0.1) is 28.7 Å². The van der Waals surface area contributed by atoms with Crippen molar-refractivity contribution in [3.63, 3.8) is 0 Å². The molecule has 178 valence electrons. The number of nitriles is 1. The van der Waals surface area contributed by atoms with Crippen LogP contribution in [0, 0.1) is 11.3 Å². The molecule has 1 atom stereocenters. The Bertz CT molecular complexity index is 1180. The predicted molar refractivity (Wildman–Crippen MR) is 129 cm³/mol. The van der Waals surface area contributed by atoms with Gasteiger partial charge in [0.2, 0.25) is 0 Å². The molecule has 0 aliphatic carbocycles. The second kappa shape index (κ2) is 10.0. The Morgan fingerprint density at radius 3 is 2.15 bits per heavy atom. The van der Waals surface area contributed by atoms with E-state index in [9.17, 15) is 24.5 Å². The van der Waals surface area contributed by atoms with Gasteiger partial charge in [0.1, 0.15) is 9.92 Å². The topological polar surface area (TPSA) is 149 Å². The first-order valence-electron chi connectivity index (χ1n) is 10.6. The van der Waals surface area contributed by atoms with Crippen molar-refractivity contribution in [3.05, 3.63) is 58.1 Å². The Balaban J connectivity index is 2.53. The molecule has 0 aliphatic rings. The number of nitrogens with one attached hydrogen (secondary N) is 1. The zero-order chi connectivity index (χ0) is 25.1. The van der Waals surface area contributed by atoms with Gasteiger partial charge in [0, 0.05) is 5.69 Å². The molecule has 5 N–H and O–H groups in total. The molecule has 0 aromatic heterocycles. The van der Waals surface area contributed by atoms with Crippen LogP contribution in [-0.4, -0.2) is 20.5 Å². The number of amides is 2. The molecule has 0 radical (unpaired) electrons. The number of hydrogen-bond acceptors (Lipinski definition) is 5. The molecule has 2 aromatic rings. The highest BCUT2D eigenvalue weighted by Gasteiger charge is 2.23. The number of rotatable bonds is 6. The maximum atomic E-state index is 13.1. The van der Waals surface area contributed by atoms with E-state index in [2.05, 4.69) is 15.7 Å². The molecule has 2 rings (SSSR count). The first kappa shape index (κ1) is 26.5. The predicted octanol–water partition coefficient (Wildman–Crippen LogP) is 4.46. The molecule has 0 saturated heterocycles. The molecule has 2 amide bonds.